The predicted octanol–water partition coefficient (Wildman–Crippen LogP) is 3.18. The van der Waals surface area contributed by atoms with E-state index in [-0.39, 0.29) is 11.6 Å². The molecule has 0 saturated carbocycles. The van der Waals surface area contributed by atoms with Crippen LogP contribution in [0.25, 0.3) is 0 Å². The van der Waals surface area contributed by atoms with Crippen LogP contribution in [0.5, 0.6) is 0 Å². The van der Waals surface area contributed by atoms with Crippen molar-refractivity contribution in [2.45, 2.75) is 20.3 Å². The summed E-state index contributed by atoms with van der Waals surface area (Å²) < 4.78 is 13.9. The molecule has 0 N–H and O–H groups in total. The third-order valence-corrected chi connectivity index (χ3v) is 3.12. The van der Waals surface area contributed by atoms with E-state index in [1.807, 2.05) is 4.90 Å². The molecular formula is C14H16FNO. The Hall–Kier alpha value is -1.64. The lowest BCUT2D eigenvalue weighted by atomic mass is 10.0. The van der Waals surface area contributed by atoms with Crippen molar-refractivity contribution in [3.63, 3.8) is 0 Å². The summed E-state index contributed by atoms with van der Waals surface area (Å²) in [7, 11) is 0. The highest BCUT2D eigenvalue weighted by atomic mass is 19.1. The summed E-state index contributed by atoms with van der Waals surface area (Å²) in [4.78, 5) is 13.4. The summed E-state index contributed by atoms with van der Waals surface area (Å²) in [6.45, 7) is 4.99. The Bertz CT molecular complexity index is 479. The molecular weight excluding hydrogens is 217 g/mol. The molecule has 17 heavy (non-hydrogen) atoms. The van der Waals surface area contributed by atoms with Gasteiger partial charge >= 0.3 is 0 Å². The fourth-order valence-electron chi connectivity index (χ4n) is 2.09. The number of nitrogens with zero attached hydrogens (tertiary/aromatic N) is 1. The molecule has 0 aliphatic carbocycles. The van der Waals surface area contributed by atoms with Gasteiger partial charge in [0.1, 0.15) is 5.82 Å². The molecule has 0 bridgehead atoms. The highest BCUT2D eigenvalue weighted by molar-refractivity contribution is 5.99. The van der Waals surface area contributed by atoms with Crippen molar-refractivity contribution in [3.8, 4) is 0 Å². The third kappa shape index (κ3) is 2.38. The van der Waals surface area contributed by atoms with E-state index in [1.165, 1.54) is 18.6 Å². The van der Waals surface area contributed by atoms with Crippen LogP contribution < -0.4 is 4.90 Å². The summed E-state index contributed by atoms with van der Waals surface area (Å²) in [5.74, 6) is -0.406. The van der Waals surface area contributed by atoms with Crippen LogP contribution in [0, 0.1) is 5.82 Å². The normalized spacial score (nSPS) is 15.7. The van der Waals surface area contributed by atoms with Crippen molar-refractivity contribution in [3.05, 3.63) is 41.2 Å². The van der Waals surface area contributed by atoms with Crippen LogP contribution in [0.4, 0.5) is 10.1 Å². The molecule has 1 aliphatic rings. The molecule has 0 saturated heterocycles. The molecule has 3 heteroatoms. The number of carbonyl (C=O) groups excluding carboxylic acids is 1. The number of rotatable bonds is 2. The minimum absolute atomic E-state index is 0.0919. The standard InChI is InChI=1S/C14H16FNO/c1-10-6-8-16(9-7-10)14-12(11(2)17)4-3-5-13(14)15/h3-6H,7-9H2,1-2H3. The SMILES string of the molecule is CC(=O)c1cccc(F)c1N1CC=C(C)CC1. The smallest absolute Gasteiger partial charge is 0.161 e. The first-order valence-electron chi connectivity index (χ1n) is 5.79. The summed E-state index contributed by atoms with van der Waals surface area (Å²) in [5.41, 5.74) is 2.24. The fraction of sp³-hybridized carbons (Fsp3) is 0.357. The maximum Gasteiger partial charge on any atom is 0.161 e. The van der Waals surface area contributed by atoms with E-state index < -0.39 is 0 Å². The van der Waals surface area contributed by atoms with Gasteiger partial charge in [0, 0.05) is 18.7 Å². The van der Waals surface area contributed by atoms with Crippen molar-refractivity contribution >= 4 is 11.5 Å². The Morgan fingerprint density at radius 1 is 1.41 bits per heavy atom. The van der Waals surface area contributed by atoms with Crippen LogP contribution in [0.15, 0.2) is 29.8 Å². The van der Waals surface area contributed by atoms with Crippen molar-refractivity contribution in [2.75, 3.05) is 18.0 Å². The number of benzene rings is 1. The third-order valence-electron chi connectivity index (χ3n) is 3.12. The second-order valence-corrected chi connectivity index (χ2v) is 4.44. The highest BCUT2D eigenvalue weighted by Gasteiger charge is 2.19. The lowest BCUT2D eigenvalue weighted by Crippen LogP contribution is -2.30. The Labute approximate surface area is 101 Å². The largest absolute Gasteiger partial charge is 0.365 e. The number of hydrogen-bond donors (Lipinski definition) is 0. The zero-order valence-electron chi connectivity index (χ0n) is 10.2. The molecule has 0 radical (unpaired) electrons. The lowest BCUT2D eigenvalue weighted by molar-refractivity contribution is 0.101. The van der Waals surface area contributed by atoms with E-state index >= 15 is 0 Å². The molecule has 2 nitrogen and oxygen atoms in total. The van der Waals surface area contributed by atoms with Gasteiger partial charge in [-0.15, -0.1) is 0 Å². The molecule has 1 aliphatic heterocycles. The number of Topliss-reactive ketones (excluding diaryl/α,β-unsaturated/α-hetero) is 1. The average molecular weight is 233 g/mol. The van der Waals surface area contributed by atoms with Crippen molar-refractivity contribution in [1.29, 1.82) is 0 Å². The average Bonchev–Trinajstić information content (AvgIpc) is 2.30. The maximum absolute atomic E-state index is 13.9. The molecule has 0 fully saturated rings. The first-order valence-corrected chi connectivity index (χ1v) is 5.79. The van der Waals surface area contributed by atoms with E-state index in [1.54, 1.807) is 12.1 Å². The van der Waals surface area contributed by atoms with E-state index in [0.717, 1.165) is 13.0 Å². The molecule has 1 aromatic rings. The molecule has 0 aromatic heterocycles. The summed E-state index contributed by atoms with van der Waals surface area (Å²) >= 11 is 0. The monoisotopic (exact) mass is 233 g/mol. The molecule has 0 spiro atoms. The van der Waals surface area contributed by atoms with Gasteiger partial charge < -0.3 is 4.90 Å². The van der Waals surface area contributed by atoms with E-state index in [0.29, 0.717) is 17.8 Å². The molecule has 90 valence electrons. The maximum atomic E-state index is 13.9. The van der Waals surface area contributed by atoms with Gasteiger partial charge in [0.25, 0.3) is 0 Å². The van der Waals surface area contributed by atoms with Gasteiger partial charge in [0.05, 0.1) is 5.69 Å². The molecule has 1 heterocycles. The highest BCUT2D eigenvalue weighted by Crippen LogP contribution is 2.27. The van der Waals surface area contributed by atoms with E-state index in [2.05, 4.69) is 13.0 Å². The topological polar surface area (TPSA) is 20.3 Å². The van der Waals surface area contributed by atoms with Crippen molar-refractivity contribution in [1.82, 2.24) is 0 Å². The van der Waals surface area contributed by atoms with Gasteiger partial charge in [0.15, 0.2) is 5.78 Å². The first kappa shape index (κ1) is 11.8. The Balaban J connectivity index is 2.41. The number of anilines is 1. The van der Waals surface area contributed by atoms with Gasteiger partial charge in [0.2, 0.25) is 0 Å². The second kappa shape index (κ2) is 4.70. The Kier molecular flexibility index (Phi) is 3.27. The van der Waals surface area contributed by atoms with Crippen LogP contribution in [0.2, 0.25) is 0 Å². The van der Waals surface area contributed by atoms with Crippen molar-refractivity contribution in [2.24, 2.45) is 0 Å². The quantitative estimate of drug-likeness (QED) is 0.577. The van der Waals surface area contributed by atoms with Gasteiger partial charge in [-0.25, -0.2) is 4.39 Å². The molecule has 0 amide bonds. The van der Waals surface area contributed by atoms with Gasteiger partial charge in [-0.2, -0.15) is 0 Å². The van der Waals surface area contributed by atoms with Crippen LogP contribution in [-0.4, -0.2) is 18.9 Å². The van der Waals surface area contributed by atoms with Gasteiger partial charge in [-0.3, -0.25) is 4.79 Å². The second-order valence-electron chi connectivity index (χ2n) is 4.44. The van der Waals surface area contributed by atoms with E-state index in [9.17, 15) is 9.18 Å². The molecule has 0 unspecified atom stereocenters. The molecule has 0 atom stereocenters. The van der Waals surface area contributed by atoms with Crippen LogP contribution in [0.1, 0.15) is 30.6 Å². The van der Waals surface area contributed by atoms with Gasteiger partial charge in [-0.05, 0) is 32.4 Å². The number of hydrogen-bond acceptors (Lipinski definition) is 2. The van der Waals surface area contributed by atoms with Crippen molar-refractivity contribution < 1.29 is 9.18 Å². The minimum Gasteiger partial charge on any atom is -0.365 e. The van der Waals surface area contributed by atoms with Gasteiger partial charge in [-0.1, -0.05) is 17.7 Å². The lowest BCUT2D eigenvalue weighted by Gasteiger charge is -2.29. The van der Waals surface area contributed by atoms with Crippen LogP contribution in [0.3, 0.4) is 0 Å². The number of ketones is 1. The zero-order chi connectivity index (χ0) is 12.4. The summed E-state index contributed by atoms with van der Waals surface area (Å²) in [6.07, 6.45) is 3.01. The first-order chi connectivity index (χ1) is 8.09. The molecule has 2 rings (SSSR count). The Morgan fingerprint density at radius 2 is 2.18 bits per heavy atom. The predicted molar refractivity (Wildman–Crippen MR) is 67.0 cm³/mol. The van der Waals surface area contributed by atoms with E-state index in [4.69, 9.17) is 0 Å². The summed E-state index contributed by atoms with van der Waals surface area (Å²) in [6, 6.07) is 4.68. The van der Waals surface area contributed by atoms with Crippen LogP contribution >= 0.6 is 0 Å². The number of halogens is 1. The fourth-order valence-corrected chi connectivity index (χ4v) is 2.09. The minimum atomic E-state index is -0.314. The van der Waals surface area contributed by atoms with Crippen LogP contribution in [-0.2, 0) is 0 Å². The Morgan fingerprint density at radius 3 is 2.76 bits per heavy atom. The molecule has 1 aromatic carbocycles. The zero-order valence-corrected chi connectivity index (χ0v) is 10.2. The number of para-hydroxylation sites is 1. The summed E-state index contributed by atoms with van der Waals surface area (Å²) in [5, 5.41) is 0. The number of carbonyl (C=O) groups is 1.